The largest absolute Gasteiger partial charge is 0.415 e. The van der Waals surface area contributed by atoms with Crippen molar-refractivity contribution in [2.75, 3.05) is 17.2 Å². The van der Waals surface area contributed by atoms with Crippen LogP contribution in [0, 0.1) is 11.8 Å². The van der Waals surface area contributed by atoms with Crippen molar-refractivity contribution < 1.29 is 27.5 Å². The van der Waals surface area contributed by atoms with Crippen molar-refractivity contribution in [2.45, 2.75) is 57.3 Å². The van der Waals surface area contributed by atoms with E-state index in [4.69, 9.17) is 0 Å². The third-order valence-corrected chi connectivity index (χ3v) is 8.49. The molecule has 0 aromatic carbocycles. The average molecular weight is 565 g/mol. The molecule has 208 valence electrons. The summed E-state index contributed by atoms with van der Waals surface area (Å²) in [6.45, 7) is -2.74. The number of hydrogen-bond acceptors (Lipinski definition) is 8. The molecule has 15 heteroatoms. The van der Waals surface area contributed by atoms with Gasteiger partial charge in [0.15, 0.2) is 0 Å². The molecule has 3 aliphatic rings. The predicted octanol–water partition coefficient (Wildman–Crippen LogP) is 3.58. The summed E-state index contributed by atoms with van der Waals surface area (Å²) in [7, 11) is 1.58. The molecule has 2 saturated carbocycles. The molecule has 3 atom stereocenters. The summed E-state index contributed by atoms with van der Waals surface area (Å²) >= 11 is 1.42. The minimum Gasteiger partial charge on any atom is -0.415 e. The van der Waals surface area contributed by atoms with Gasteiger partial charge in [-0.2, -0.15) is 8.78 Å². The number of aryl methyl sites for hydroxylation is 2. The van der Waals surface area contributed by atoms with Gasteiger partial charge in [0.25, 0.3) is 5.91 Å². The first-order valence-corrected chi connectivity index (χ1v) is 13.6. The number of carbonyl (C=O) groups is 2. The van der Waals surface area contributed by atoms with Crippen molar-refractivity contribution in [3.8, 4) is 5.88 Å². The van der Waals surface area contributed by atoms with E-state index >= 15 is 0 Å². The lowest BCUT2D eigenvalue weighted by atomic mass is 9.91. The molecule has 3 aliphatic carbocycles. The van der Waals surface area contributed by atoms with Crippen LogP contribution in [0.4, 0.5) is 29.9 Å². The van der Waals surface area contributed by atoms with E-state index in [-0.39, 0.29) is 42.1 Å². The molecule has 0 saturated heterocycles. The summed E-state index contributed by atoms with van der Waals surface area (Å²) in [5.41, 5.74) is 1.29. The molecular formula is C24H27F3N8O3S. The number of halogens is 3. The van der Waals surface area contributed by atoms with Crippen molar-refractivity contribution in [1.82, 2.24) is 29.9 Å². The highest BCUT2D eigenvalue weighted by Gasteiger charge is 2.39. The molecule has 3 heterocycles. The van der Waals surface area contributed by atoms with E-state index in [0.717, 1.165) is 29.7 Å². The first-order valence-electron chi connectivity index (χ1n) is 12.8. The van der Waals surface area contributed by atoms with Gasteiger partial charge in [-0.05, 0) is 44.1 Å². The monoisotopic (exact) mass is 564 g/mol. The second kappa shape index (κ2) is 10.2. The van der Waals surface area contributed by atoms with Gasteiger partial charge in [-0.3, -0.25) is 14.2 Å². The number of aromatic nitrogens is 5. The van der Waals surface area contributed by atoms with Gasteiger partial charge in [0, 0.05) is 42.4 Å². The molecule has 2 fully saturated rings. The smallest absolute Gasteiger partial charge is 0.388 e. The molecule has 3 aromatic rings. The van der Waals surface area contributed by atoms with Crippen molar-refractivity contribution in [1.29, 1.82) is 0 Å². The van der Waals surface area contributed by atoms with E-state index in [9.17, 15) is 22.8 Å². The van der Waals surface area contributed by atoms with Gasteiger partial charge in [-0.15, -0.1) is 26.6 Å². The Morgan fingerprint density at radius 1 is 1.28 bits per heavy atom. The Bertz CT molecular complexity index is 1400. The maximum atomic E-state index is 13.4. The van der Waals surface area contributed by atoms with Gasteiger partial charge in [0.1, 0.15) is 23.3 Å². The van der Waals surface area contributed by atoms with E-state index < -0.39 is 12.8 Å². The summed E-state index contributed by atoms with van der Waals surface area (Å²) in [6, 6.07) is 1.22. The van der Waals surface area contributed by atoms with Crippen LogP contribution in [-0.4, -0.2) is 55.7 Å². The summed E-state index contributed by atoms with van der Waals surface area (Å²) in [6.07, 6.45) is 4.72. The molecule has 3 N–H and O–H groups in total. The lowest BCUT2D eigenvalue weighted by Crippen LogP contribution is -2.29. The van der Waals surface area contributed by atoms with Crippen molar-refractivity contribution >= 4 is 39.9 Å². The lowest BCUT2D eigenvalue weighted by Gasteiger charge is -2.25. The van der Waals surface area contributed by atoms with E-state index in [1.54, 1.807) is 13.4 Å². The summed E-state index contributed by atoms with van der Waals surface area (Å²) < 4.78 is 46.2. The number of thiophene rings is 1. The minimum absolute atomic E-state index is 0.0178. The molecule has 3 aromatic heterocycles. The van der Waals surface area contributed by atoms with Crippen molar-refractivity contribution in [3.05, 3.63) is 28.4 Å². The number of ether oxygens (including phenoxy) is 1. The van der Waals surface area contributed by atoms with Gasteiger partial charge in [0.2, 0.25) is 17.7 Å². The number of fused-ring (bicyclic) bond motifs is 1. The molecule has 0 bridgehead atoms. The Hall–Kier alpha value is -3.62. The highest BCUT2D eigenvalue weighted by Crippen LogP contribution is 2.43. The van der Waals surface area contributed by atoms with Crippen molar-refractivity contribution in [2.24, 2.45) is 18.9 Å². The van der Waals surface area contributed by atoms with Crippen LogP contribution in [0.25, 0.3) is 0 Å². The quantitative estimate of drug-likeness (QED) is 0.343. The highest BCUT2D eigenvalue weighted by molar-refractivity contribution is 7.17. The lowest BCUT2D eigenvalue weighted by molar-refractivity contribution is -0.117. The fourth-order valence-electron chi connectivity index (χ4n) is 4.85. The minimum atomic E-state index is -2.99. The molecule has 0 unspecified atom stereocenters. The van der Waals surface area contributed by atoms with Gasteiger partial charge >= 0.3 is 6.61 Å². The third-order valence-electron chi connectivity index (χ3n) is 7.28. The Morgan fingerprint density at radius 3 is 2.79 bits per heavy atom. The number of alkyl halides is 3. The van der Waals surface area contributed by atoms with E-state index in [2.05, 4.69) is 36.0 Å². The zero-order valence-electron chi connectivity index (χ0n) is 21.0. The van der Waals surface area contributed by atoms with Crippen LogP contribution in [-0.2, 0) is 24.7 Å². The normalized spacial score (nSPS) is 21.9. The number of hydrogen-bond donors (Lipinski definition) is 3. The number of amides is 2. The number of anilines is 3. The Balaban J connectivity index is 1.24. The van der Waals surface area contributed by atoms with E-state index in [0.29, 0.717) is 41.6 Å². The zero-order valence-corrected chi connectivity index (χ0v) is 21.8. The number of nitrogens with one attached hydrogen (secondary N) is 3. The van der Waals surface area contributed by atoms with Crippen molar-refractivity contribution in [3.63, 3.8) is 0 Å². The average Bonchev–Trinajstić information content (AvgIpc) is 3.74. The summed E-state index contributed by atoms with van der Waals surface area (Å²) in [5.74, 6) is -0.0579. The topological polar surface area (TPSA) is 128 Å². The van der Waals surface area contributed by atoms with Crippen LogP contribution in [0.2, 0.25) is 0 Å². The van der Waals surface area contributed by atoms with E-state index in [1.807, 2.05) is 4.57 Å². The molecule has 0 aliphatic heterocycles. The highest BCUT2D eigenvalue weighted by atomic mass is 32.1. The first-order chi connectivity index (χ1) is 18.8. The maximum Gasteiger partial charge on any atom is 0.388 e. The van der Waals surface area contributed by atoms with Gasteiger partial charge in [-0.1, -0.05) is 0 Å². The SMILES string of the molecule is Cn1nc(OC(F)F)cc1Nc1nncn1[C@H]1CCc2sc(NC(=O)C3CC3)c(C(=O)NC[C@H]3C[C@H]3F)c2C1. The molecule has 11 nitrogen and oxygen atoms in total. The Morgan fingerprint density at radius 2 is 2.08 bits per heavy atom. The van der Waals surface area contributed by atoms with Gasteiger partial charge < -0.3 is 20.7 Å². The number of nitrogens with zero attached hydrogens (tertiary/aromatic N) is 5. The standard InChI is InChI=1S/C24H27F3N8O3S/c1-34-17(8-18(33-34)38-23(26)27)30-24-32-29-10-35(24)13-4-5-16-14(7-13)19(21(37)28-9-12-6-15(12)25)22(39-16)31-20(36)11-2-3-11/h8,10-13,15,23H,2-7,9H2,1H3,(H,28,37)(H,30,32)(H,31,36)/t12-,13+,15-/m1/s1. The molecule has 6 rings (SSSR count). The van der Waals surface area contributed by atoms with Crippen LogP contribution >= 0.6 is 11.3 Å². The maximum absolute atomic E-state index is 13.4. The van der Waals surface area contributed by atoms with Crippen LogP contribution in [0.15, 0.2) is 12.4 Å². The van der Waals surface area contributed by atoms with E-state index in [1.165, 1.54) is 22.1 Å². The zero-order chi connectivity index (χ0) is 27.3. The molecule has 39 heavy (non-hydrogen) atoms. The summed E-state index contributed by atoms with van der Waals surface area (Å²) in [4.78, 5) is 26.9. The Labute approximate surface area is 225 Å². The second-order valence-electron chi connectivity index (χ2n) is 10.1. The van der Waals surface area contributed by atoms with Crippen LogP contribution in [0.5, 0.6) is 5.88 Å². The third kappa shape index (κ3) is 5.44. The molecule has 0 spiro atoms. The molecule has 2 amide bonds. The van der Waals surface area contributed by atoms with Gasteiger partial charge in [-0.25, -0.2) is 9.07 Å². The fraction of sp³-hybridized carbons (Fsp3) is 0.542. The van der Waals surface area contributed by atoms with Gasteiger partial charge in [0.05, 0.1) is 5.56 Å². The van der Waals surface area contributed by atoms with Crippen LogP contribution < -0.4 is 20.7 Å². The first kappa shape index (κ1) is 25.6. The van der Waals surface area contributed by atoms with Crippen LogP contribution in [0.3, 0.4) is 0 Å². The summed E-state index contributed by atoms with van der Waals surface area (Å²) in [5, 5.41) is 21.5. The molecular weight excluding hydrogens is 537 g/mol. The fourth-order valence-corrected chi connectivity index (χ4v) is 6.09. The molecule has 0 radical (unpaired) electrons. The Kier molecular flexibility index (Phi) is 6.69. The number of rotatable bonds is 10. The van der Waals surface area contributed by atoms with Crippen LogP contribution in [0.1, 0.15) is 52.5 Å². The second-order valence-corrected chi connectivity index (χ2v) is 11.3. The number of carbonyl (C=O) groups excluding carboxylic acids is 2. The predicted molar refractivity (Wildman–Crippen MR) is 135 cm³/mol.